The molecule has 1 N–H and O–H groups in total. The Balaban J connectivity index is 2.30. The topological polar surface area (TPSA) is 71.1 Å². The molecule has 0 fully saturated rings. The summed E-state index contributed by atoms with van der Waals surface area (Å²) in [6, 6.07) is 8.97. The molecule has 1 aromatic heterocycles. The molecule has 103 valence electrons. The summed E-state index contributed by atoms with van der Waals surface area (Å²) in [5.74, 6) is -0.00430. The SMILES string of the molecule is [CH2]C(OC(C)C)n1ncc(-c2ccc(C#N)cc2)c1O. The molecular formula is C15H16N3O2. The second kappa shape index (κ2) is 5.76. The highest BCUT2D eigenvalue weighted by Gasteiger charge is 2.17. The zero-order valence-electron chi connectivity index (χ0n) is 11.4. The minimum absolute atomic E-state index is 0.00430. The Labute approximate surface area is 118 Å². The van der Waals surface area contributed by atoms with Crippen LogP contribution in [0.2, 0.25) is 0 Å². The van der Waals surface area contributed by atoms with E-state index in [4.69, 9.17) is 10.00 Å². The maximum Gasteiger partial charge on any atom is 0.219 e. The molecule has 5 nitrogen and oxygen atoms in total. The Morgan fingerprint density at radius 3 is 2.55 bits per heavy atom. The minimum atomic E-state index is -0.595. The first-order valence-electron chi connectivity index (χ1n) is 6.28. The molecule has 0 bridgehead atoms. The van der Waals surface area contributed by atoms with Gasteiger partial charge >= 0.3 is 0 Å². The third-order valence-corrected chi connectivity index (χ3v) is 2.80. The van der Waals surface area contributed by atoms with E-state index in [2.05, 4.69) is 18.1 Å². The van der Waals surface area contributed by atoms with Gasteiger partial charge in [0.1, 0.15) is 0 Å². The van der Waals surface area contributed by atoms with Gasteiger partial charge in [-0.1, -0.05) is 12.1 Å². The number of hydrogen-bond donors (Lipinski definition) is 1. The molecule has 0 aliphatic rings. The van der Waals surface area contributed by atoms with Crippen molar-refractivity contribution in [2.24, 2.45) is 0 Å². The fourth-order valence-electron chi connectivity index (χ4n) is 1.87. The van der Waals surface area contributed by atoms with Gasteiger partial charge < -0.3 is 9.84 Å². The van der Waals surface area contributed by atoms with Crippen LogP contribution in [0.4, 0.5) is 0 Å². The smallest absolute Gasteiger partial charge is 0.219 e. The van der Waals surface area contributed by atoms with Gasteiger partial charge in [-0.05, 0) is 38.5 Å². The lowest BCUT2D eigenvalue weighted by atomic mass is 10.1. The second-order valence-electron chi connectivity index (χ2n) is 4.66. The molecule has 1 heterocycles. The van der Waals surface area contributed by atoms with Crippen LogP contribution < -0.4 is 0 Å². The van der Waals surface area contributed by atoms with Crippen molar-refractivity contribution < 1.29 is 9.84 Å². The van der Waals surface area contributed by atoms with Crippen molar-refractivity contribution in [1.29, 1.82) is 5.26 Å². The number of nitriles is 1. The molecule has 20 heavy (non-hydrogen) atoms. The van der Waals surface area contributed by atoms with Crippen LogP contribution in [0.1, 0.15) is 25.6 Å². The Hall–Kier alpha value is -2.32. The van der Waals surface area contributed by atoms with Gasteiger partial charge in [0.15, 0.2) is 6.23 Å². The molecule has 2 rings (SSSR count). The van der Waals surface area contributed by atoms with Gasteiger partial charge in [0.2, 0.25) is 5.88 Å². The van der Waals surface area contributed by atoms with E-state index in [1.807, 2.05) is 13.8 Å². The van der Waals surface area contributed by atoms with Gasteiger partial charge in [-0.3, -0.25) is 0 Å². The predicted molar refractivity (Wildman–Crippen MR) is 74.7 cm³/mol. The van der Waals surface area contributed by atoms with Crippen molar-refractivity contribution in [1.82, 2.24) is 9.78 Å². The summed E-state index contributed by atoms with van der Waals surface area (Å²) in [6.07, 6.45) is 0.945. The number of nitrogens with zero attached hydrogens (tertiary/aromatic N) is 3. The van der Waals surface area contributed by atoms with Crippen molar-refractivity contribution >= 4 is 0 Å². The van der Waals surface area contributed by atoms with Gasteiger partial charge in [0.05, 0.1) is 29.5 Å². The summed E-state index contributed by atoms with van der Waals surface area (Å²) < 4.78 is 6.82. The second-order valence-corrected chi connectivity index (χ2v) is 4.66. The fraction of sp³-hybridized carbons (Fsp3) is 0.267. The summed E-state index contributed by atoms with van der Waals surface area (Å²) in [6.45, 7) is 7.60. The molecule has 1 atom stereocenters. The van der Waals surface area contributed by atoms with Crippen LogP contribution in [0, 0.1) is 18.3 Å². The highest BCUT2D eigenvalue weighted by molar-refractivity contribution is 5.68. The van der Waals surface area contributed by atoms with E-state index < -0.39 is 6.23 Å². The standard InChI is InChI=1S/C15H16N3O2/c1-10(2)20-11(3)18-15(19)14(9-17-18)13-6-4-12(8-16)5-7-13/h4-7,9-11,19H,3H2,1-2H3. The molecule has 5 heteroatoms. The van der Waals surface area contributed by atoms with E-state index in [1.54, 1.807) is 30.5 Å². The van der Waals surface area contributed by atoms with E-state index in [1.165, 1.54) is 4.68 Å². The predicted octanol–water partition coefficient (Wildman–Crippen LogP) is 2.89. The molecule has 1 aromatic carbocycles. The molecule has 0 aliphatic heterocycles. The third kappa shape index (κ3) is 2.81. The summed E-state index contributed by atoms with van der Waals surface area (Å²) in [4.78, 5) is 0. The third-order valence-electron chi connectivity index (χ3n) is 2.80. The van der Waals surface area contributed by atoms with Crippen LogP contribution in [0.15, 0.2) is 30.5 Å². The van der Waals surface area contributed by atoms with E-state index in [0.29, 0.717) is 11.1 Å². The molecule has 0 spiro atoms. The molecule has 0 aliphatic carbocycles. The summed E-state index contributed by atoms with van der Waals surface area (Å²) in [5.41, 5.74) is 1.93. The lowest BCUT2D eigenvalue weighted by Crippen LogP contribution is -2.15. The van der Waals surface area contributed by atoms with Gasteiger partial charge in [0, 0.05) is 0 Å². The first-order valence-corrected chi connectivity index (χ1v) is 6.28. The quantitative estimate of drug-likeness (QED) is 0.927. The first-order chi connectivity index (χ1) is 9.52. The van der Waals surface area contributed by atoms with Crippen molar-refractivity contribution in [2.45, 2.75) is 26.2 Å². The monoisotopic (exact) mass is 270 g/mol. The Morgan fingerprint density at radius 1 is 1.35 bits per heavy atom. The van der Waals surface area contributed by atoms with Crippen molar-refractivity contribution in [3.05, 3.63) is 42.9 Å². The molecule has 2 aromatic rings. The van der Waals surface area contributed by atoms with E-state index in [-0.39, 0.29) is 12.0 Å². The van der Waals surface area contributed by atoms with Crippen LogP contribution in [0.5, 0.6) is 5.88 Å². The van der Waals surface area contributed by atoms with Crippen LogP contribution in [0.25, 0.3) is 11.1 Å². The maximum absolute atomic E-state index is 10.2. The average molecular weight is 270 g/mol. The Morgan fingerprint density at radius 2 is 2.00 bits per heavy atom. The Bertz CT molecular complexity index is 624. The summed E-state index contributed by atoms with van der Waals surface area (Å²) in [7, 11) is 0. The summed E-state index contributed by atoms with van der Waals surface area (Å²) >= 11 is 0. The number of benzene rings is 1. The lowest BCUT2D eigenvalue weighted by Gasteiger charge is -2.16. The van der Waals surface area contributed by atoms with Crippen LogP contribution in [-0.2, 0) is 4.74 Å². The van der Waals surface area contributed by atoms with E-state index in [9.17, 15) is 5.11 Å². The maximum atomic E-state index is 10.2. The van der Waals surface area contributed by atoms with Gasteiger partial charge in [-0.15, -0.1) is 0 Å². The molecular weight excluding hydrogens is 254 g/mol. The molecule has 0 amide bonds. The van der Waals surface area contributed by atoms with E-state index >= 15 is 0 Å². The molecule has 0 saturated carbocycles. The zero-order chi connectivity index (χ0) is 14.7. The summed E-state index contributed by atoms with van der Waals surface area (Å²) in [5, 5.41) is 23.1. The normalized spacial score (nSPS) is 12.3. The van der Waals surface area contributed by atoms with Crippen LogP contribution >= 0.6 is 0 Å². The van der Waals surface area contributed by atoms with Crippen LogP contribution in [-0.4, -0.2) is 21.0 Å². The number of ether oxygens (including phenoxy) is 1. The zero-order valence-corrected chi connectivity index (χ0v) is 11.4. The largest absolute Gasteiger partial charge is 0.493 e. The lowest BCUT2D eigenvalue weighted by molar-refractivity contribution is -0.0186. The fourth-order valence-corrected chi connectivity index (χ4v) is 1.87. The molecule has 0 saturated heterocycles. The number of aromatic nitrogens is 2. The molecule has 1 radical (unpaired) electrons. The van der Waals surface area contributed by atoms with Gasteiger partial charge in [0.25, 0.3) is 0 Å². The number of rotatable bonds is 4. The van der Waals surface area contributed by atoms with Gasteiger partial charge in [-0.25, -0.2) is 4.68 Å². The highest BCUT2D eigenvalue weighted by Crippen LogP contribution is 2.31. The van der Waals surface area contributed by atoms with Gasteiger partial charge in [-0.2, -0.15) is 10.4 Å². The van der Waals surface area contributed by atoms with Crippen molar-refractivity contribution in [3.63, 3.8) is 0 Å². The van der Waals surface area contributed by atoms with Crippen molar-refractivity contribution in [3.8, 4) is 23.1 Å². The van der Waals surface area contributed by atoms with Crippen molar-refractivity contribution in [2.75, 3.05) is 0 Å². The minimum Gasteiger partial charge on any atom is -0.493 e. The molecule has 1 unspecified atom stereocenters. The van der Waals surface area contributed by atoms with Crippen LogP contribution in [0.3, 0.4) is 0 Å². The Kier molecular flexibility index (Phi) is 4.06. The van der Waals surface area contributed by atoms with E-state index in [0.717, 1.165) is 5.56 Å². The highest BCUT2D eigenvalue weighted by atomic mass is 16.5. The average Bonchev–Trinajstić information content (AvgIpc) is 2.80. The first kappa shape index (κ1) is 14.1. The number of hydrogen-bond acceptors (Lipinski definition) is 4. The number of aromatic hydroxyl groups is 1.